The van der Waals surface area contributed by atoms with Gasteiger partial charge in [0.05, 0.1) is 12.3 Å². The van der Waals surface area contributed by atoms with Gasteiger partial charge in [-0.15, -0.1) is 0 Å². The van der Waals surface area contributed by atoms with Crippen LogP contribution in [0.1, 0.15) is 26.7 Å². The molecule has 0 aromatic rings. The van der Waals surface area contributed by atoms with Crippen molar-refractivity contribution in [3.8, 4) is 0 Å². The summed E-state index contributed by atoms with van der Waals surface area (Å²) in [6.07, 6.45) is -0.216. The fourth-order valence-corrected chi connectivity index (χ4v) is 0.779. The van der Waals surface area contributed by atoms with Crippen LogP contribution in [0.3, 0.4) is 0 Å². The molecule has 4 heteroatoms. The van der Waals surface area contributed by atoms with E-state index < -0.39 is 11.9 Å². The molecule has 1 atom stereocenters. The maximum Gasteiger partial charge on any atom is 0.306 e. The fraction of sp³-hybridized carbons (Fsp3) is 0.625. The van der Waals surface area contributed by atoms with Crippen LogP contribution in [0, 0.1) is 5.92 Å². The molecule has 0 heterocycles. The molecule has 4 nitrogen and oxygen atoms in total. The highest BCUT2D eigenvalue weighted by atomic mass is 16.4. The van der Waals surface area contributed by atoms with Gasteiger partial charge in [-0.25, -0.2) is 0 Å². The maximum atomic E-state index is 10.9. The zero-order chi connectivity index (χ0) is 9.72. The number of carboxylic acid groups (broad SMARTS) is 1. The van der Waals surface area contributed by atoms with Crippen molar-refractivity contribution in [2.24, 2.45) is 5.92 Å². The molecule has 68 valence electrons. The van der Waals surface area contributed by atoms with E-state index in [0.29, 0.717) is 0 Å². The van der Waals surface area contributed by atoms with E-state index in [1.165, 1.54) is 13.8 Å². The van der Waals surface area contributed by atoms with Crippen molar-refractivity contribution < 1.29 is 19.5 Å². The van der Waals surface area contributed by atoms with Crippen molar-refractivity contribution in [2.75, 3.05) is 0 Å². The Morgan fingerprint density at radius 2 is 1.83 bits per heavy atom. The smallest absolute Gasteiger partial charge is 0.306 e. The average molecular weight is 172 g/mol. The van der Waals surface area contributed by atoms with Crippen molar-refractivity contribution in [3.05, 3.63) is 0 Å². The van der Waals surface area contributed by atoms with Gasteiger partial charge in [0.1, 0.15) is 11.6 Å². The molecule has 0 aliphatic rings. The normalized spacial score (nSPS) is 12.2. The van der Waals surface area contributed by atoms with Crippen LogP contribution in [-0.2, 0) is 14.4 Å². The van der Waals surface area contributed by atoms with Crippen LogP contribution < -0.4 is 0 Å². The number of hydrogen-bond donors (Lipinski definition) is 1. The first-order valence-corrected chi connectivity index (χ1v) is 3.67. The summed E-state index contributed by atoms with van der Waals surface area (Å²) in [6, 6.07) is 0. The second-order valence-electron chi connectivity index (χ2n) is 2.86. The molecular weight excluding hydrogens is 160 g/mol. The Kier molecular flexibility index (Phi) is 4.18. The summed E-state index contributed by atoms with van der Waals surface area (Å²) in [5, 5.41) is 8.43. The van der Waals surface area contributed by atoms with E-state index in [1.807, 2.05) is 0 Å². The van der Waals surface area contributed by atoms with Crippen LogP contribution in [0.4, 0.5) is 0 Å². The summed E-state index contributed by atoms with van der Waals surface area (Å²) in [5.41, 5.74) is 0. The third kappa shape index (κ3) is 4.60. The lowest BCUT2D eigenvalue weighted by Gasteiger charge is -2.02. The van der Waals surface area contributed by atoms with Gasteiger partial charge >= 0.3 is 5.97 Å². The summed E-state index contributed by atoms with van der Waals surface area (Å²) in [5.74, 6) is -2.24. The Bertz CT molecular complexity index is 207. The van der Waals surface area contributed by atoms with Gasteiger partial charge in [0.15, 0.2) is 0 Å². The monoisotopic (exact) mass is 172 g/mol. The standard InChI is InChI=1S/C8H12O4/c1-5(8(11)12)3-7(10)4-6(2)9/h5H,3-4H2,1-2H3,(H,11,12). The largest absolute Gasteiger partial charge is 0.481 e. The molecule has 0 saturated carbocycles. The van der Waals surface area contributed by atoms with Crippen LogP contribution in [0.15, 0.2) is 0 Å². The molecule has 0 aromatic carbocycles. The van der Waals surface area contributed by atoms with E-state index in [4.69, 9.17) is 5.11 Å². The van der Waals surface area contributed by atoms with Crippen molar-refractivity contribution in [1.82, 2.24) is 0 Å². The maximum absolute atomic E-state index is 10.9. The molecule has 0 spiro atoms. The topological polar surface area (TPSA) is 71.4 Å². The van der Waals surface area contributed by atoms with Crippen LogP contribution in [0.2, 0.25) is 0 Å². The SMILES string of the molecule is CC(=O)CC(=O)CC(C)C(=O)O. The lowest BCUT2D eigenvalue weighted by molar-refractivity contribution is -0.143. The van der Waals surface area contributed by atoms with E-state index in [-0.39, 0.29) is 24.4 Å². The Hall–Kier alpha value is -1.19. The first kappa shape index (κ1) is 10.8. The average Bonchev–Trinajstić information content (AvgIpc) is 1.84. The summed E-state index contributed by atoms with van der Waals surface area (Å²) >= 11 is 0. The van der Waals surface area contributed by atoms with Gasteiger partial charge < -0.3 is 5.11 Å². The number of rotatable bonds is 5. The summed E-state index contributed by atoms with van der Waals surface area (Å²) in [4.78, 5) is 31.6. The number of Topliss-reactive ketones (excluding diaryl/α,β-unsaturated/α-hetero) is 2. The highest BCUT2D eigenvalue weighted by Gasteiger charge is 2.16. The van der Waals surface area contributed by atoms with Crippen molar-refractivity contribution in [1.29, 1.82) is 0 Å². The quantitative estimate of drug-likeness (QED) is 0.618. The first-order valence-electron chi connectivity index (χ1n) is 3.67. The lowest BCUT2D eigenvalue weighted by atomic mass is 10.0. The number of hydrogen-bond acceptors (Lipinski definition) is 3. The minimum atomic E-state index is -1.01. The third-order valence-electron chi connectivity index (χ3n) is 1.40. The molecule has 1 N–H and O–H groups in total. The highest BCUT2D eigenvalue weighted by Crippen LogP contribution is 2.04. The van der Waals surface area contributed by atoms with Crippen LogP contribution in [0.25, 0.3) is 0 Å². The molecule has 12 heavy (non-hydrogen) atoms. The van der Waals surface area contributed by atoms with Crippen molar-refractivity contribution in [3.63, 3.8) is 0 Å². The van der Waals surface area contributed by atoms with Crippen LogP contribution in [0.5, 0.6) is 0 Å². The molecule has 1 unspecified atom stereocenters. The van der Waals surface area contributed by atoms with E-state index in [1.54, 1.807) is 0 Å². The minimum Gasteiger partial charge on any atom is -0.481 e. The van der Waals surface area contributed by atoms with Gasteiger partial charge in [-0.3, -0.25) is 14.4 Å². The minimum absolute atomic E-state index is 0.0606. The van der Waals surface area contributed by atoms with Crippen LogP contribution >= 0.6 is 0 Å². The summed E-state index contributed by atoms with van der Waals surface area (Å²) in [7, 11) is 0. The fourth-order valence-electron chi connectivity index (χ4n) is 0.779. The van der Waals surface area contributed by atoms with Gasteiger partial charge in [-0.05, 0) is 6.92 Å². The lowest BCUT2D eigenvalue weighted by Crippen LogP contribution is -2.15. The molecular formula is C8H12O4. The molecule has 0 aromatic heterocycles. The number of carbonyl (C=O) groups excluding carboxylic acids is 2. The van der Waals surface area contributed by atoms with E-state index in [2.05, 4.69) is 0 Å². The third-order valence-corrected chi connectivity index (χ3v) is 1.40. The molecule has 0 amide bonds. The number of ketones is 2. The molecule has 0 bridgehead atoms. The Balaban J connectivity index is 3.85. The summed E-state index contributed by atoms with van der Waals surface area (Å²) in [6.45, 7) is 2.75. The Morgan fingerprint density at radius 1 is 1.33 bits per heavy atom. The predicted molar refractivity (Wildman–Crippen MR) is 41.7 cm³/mol. The first-order chi connectivity index (χ1) is 5.43. The highest BCUT2D eigenvalue weighted by molar-refractivity contribution is 5.98. The predicted octanol–water partition coefficient (Wildman–Crippen LogP) is 0.645. The Morgan fingerprint density at radius 3 is 2.17 bits per heavy atom. The van der Waals surface area contributed by atoms with Gasteiger partial charge in [0.25, 0.3) is 0 Å². The van der Waals surface area contributed by atoms with Gasteiger partial charge in [0, 0.05) is 6.42 Å². The van der Waals surface area contributed by atoms with Crippen molar-refractivity contribution >= 4 is 17.5 Å². The second-order valence-corrected chi connectivity index (χ2v) is 2.86. The Labute approximate surface area is 70.6 Å². The molecule has 0 rings (SSSR count). The molecule has 0 aliphatic carbocycles. The zero-order valence-electron chi connectivity index (χ0n) is 7.16. The van der Waals surface area contributed by atoms with Crippen molar-refractivity contribution in [2.45, 2.75) is 26.7 Å². The second kappa shape index (κ2) is 4.64. The number of carbonyl (C=O) groups is 3. The van der Waals surface area contributed by atoms with Gasteiger partial charge in [0.2, 0.25) is 0 Å². The number of carboxylic acids is 1. The molecule has 0 aliphatic heterocycles. The van der Waals surface area contributed by atoms with Gasteiger partial charge in [-0.1, -0.05) is 6.92 Å². The molecule has 0 saturated heterocycles. The van der Waals surface area contributed by atoms with E-state index >= 15 is 0 Å². The molecule has 0 radical (unpaired) electrons. The van der Waals surface area contributed by atoms with Gasteiger partial charge in [-0.2, -0.15) is 0 Å². The summed E-state index contributed by atoms with van der Waals surface area (Å²) < 4.78 is 0. The van der Waals surface area contributed by atoms with E-state index in [9.17, 15) is 14.4 Å². The van der Waals surface area contributed by atoms with Crippen LogP contribution in [-0.4, -0.2) is 22.6 Å². The van der Waals surface area contributed by atoms with E-state index in [0.717, 1.165) is 0 Å². The zero-order valence-corrected chi connectivity index (χ0v) is 7.16. The number of aliphatic carboxylic acids is 1. The molecule has 0 fully saturated rings.